The number of methoxy groups -OCH3 is 2. The van der Waals surface area contributed by atoms with Gasteiger partial charge in [0.1, 0.15) is 12.4 Å². The van der Waals surface area contributed by atoms with E-state index >= 15 is 0 Å². The van der Waals surface area contributed by atoms with E-state index in [0.29, 0.717) is 18.0 Å². The normalized spacial score (nSPS) is 17.9. The fraction of sp³-hybridized carbons (Fsp3) is 0.304. The summed E-state index contributed by atoms with van der Waals surface area (Å²) in [5.41, 5.74) is 3.82. The number of hydrogen-bond donors (Lipinski definition) is 1. The van der Waals surface area contributed by atoms with Gasteiger partial charge < -0.3 is 18.9 Å². The highest BCUT2D eigenvalue weighted by molar-refractivity contribution is 7.71. The summed E-state index contributed by atoms with van der Waals surface area (Å²) in [5, 5.41) is 4.54. The van der Waals surface area contributed by atoms with Crippen molar-refractivity contribution in [2.24, 2.45) is 0 Å². The molecule has 0 fully saturated rings. The number of nitrogens with one attached hydrogen (secondary N) is 1. The minimum atomic E-state index is 0.154. The van der Waals surface area contributed by atoms with Crippen LogP contribution in [0.5, 0.6) is 11.5 Å². The summed E-state index contributed by atoms with van der Waals surface area (Å²) in [6.07, 6.45) is 4.57. The third-order valence-electron chi connectivity index (χ3n) is 5.69. The molecule has 4 rings (SSSR count). The Labute approximate surface area is 182 Å². The molecule has 2 heterocycles. The highest BCUT2D eigenvalue weighted by Crippen LogP contribution is 2.36. The summed E-state index contributed by atoms with van der Waals surface area (Å²) in [4.78, 5) is 1.39. The van der Waals surface area contributed by atoms with Crippen molar-refractivity contribution < 1.29 is 14.4 Å². The van der Waals surface area contributed by atoms with Crippen LogP contribution in [0.2, 0.25) is 0 Å². The fourth-order valence-electron chi connectivity index (χ4n) is 4.25. The monoisotopic (exact) mass is 423 g/mol. The number of hydrogen-bond acceptors (Lipinski definition) is 4. The third-order valence-corrected chi connectivity index (χ3v) is 6.13. The molecule has 3 aromatic rings. The highest BCUT2D eigenvalue weighted by Gasteiger charge is 2.34. The minimum absolute atomic E-state index is 0.154. The second-order valence-corrected chi connectivity index (χ2v) is 7.79. The number of aromatic nitrogens is 3. The molecule has 0 aliphatic carbocycles. The number of fused-ring (bicyclic) bond motifs is 1. The lowest BCUT2D eigenvalue weighted by molar-refractivity contribution is -0.950. The molecule has 7 heteroatoms. The van der Waals surface area contributed by atoms with E-state index in [1.54, 1.807) is 20.5 Å². The second kappa shape index (κ2) is 8.85. The van der Waals surface area contributed by atoms with Gasteiger partial charge in [-0.1, -0.05) is 36.4 Å². The Bertz CT molecular complexity index is 1090. The molecule has 6 nitrogen and oxygen atoms in total. The molecule has 0 radical (unpaired) electrons. The van der Waals surface area contributed by atoms with Crippen LogP contribution < -0.4 is 14.4 Å². The van der Waals surface area contributed by atoms with Crippen molar-refractivity contribution in [1.29, 1.82) is 0 Å². The Hall–Kier alpha value is -2.90. The fourth-order valence-corrected chi connectivity index (χ4v) is 4.48. The Balaban J connectivity index is 1.76. The van der Waals surface area contributed by atoms with Crippen molar-refractivity contribution in [1.82, 2.24) is 14.3 Å². The minimum Gasteiger partial charge on any atom is -0.493 e. The second-order valence-electron chi connectivity index (χ2n) is 7.42. The van der Waals surface area contributed by atoms with Crippen LogP contribution >= 0.6 is 12.2 Å². The van der Waals surface area contributed by atoms with E-state index in [2.05, 4.69) is 54.1 Å². The van der Waals surface area contributed by atoms with Gasteiger partial charge in [-0.15, -0.1) is 6.58 Å². The molecule has 0 saturated heterocycles. The zero-order valence-electron chi connectivity index (χ0n) is 17.4. The summed E-state index contributed by atoms with van der Waals surface area (Å²) in [5.74, 6) is 1.53. The first-order chi connectivity index (χ1) is 14.7. The Kier molecular flexibility index (Phi) is 6.01. The predicted octanol–water partition coefficient (Wildman–Crippen LogP) is 2.81. The molecule has 0 amide bonds. The maximum atomic E-state index is 5.63. The van der Waals surface area contributed by atoms with Crippen LogP contribution in [0.15, 0.2) is 61.4 Å². The van der Waals surface area contributed by atoms with Crippen LogP contribution in [-0.2, 0) is 19.6 Å². The molecular weight excluding hydrogens is 396 g/mol. The van der Waals surface area contributed by atoms with Gasteiger partial charge in [-0.05, 0) is 29.9 Å². The molecule has 2 atom stereocenters. The van der Waals surface area contributed by atoms with Crippen LogP contribution in [0.1, 0.15) is 22.7 Å². The molecule has 156 valence electrons. The molecule has 1 aliphatic heterocycles. The van der Waals surface area contributed by atoms with E-state index in [1.807, 2.05) is 15.3 Å². The van der Waals surface area contributed by atoms with Gasteiger partial charge in [0, 0.05) is 24.1 Å². The Morgan fingerprint density at radius 2 is 1.93 bits per heavy atom. The first-order valence-corrected chi connectivity index (χ1v) is 10.4. The third kappa shape index (κ3) is 3.78. The van der Waals surface area contributed by atoms with Crippen molar-refractivity contribution in [2.45, 2.75) is 25.7 Å². The SMILES string of the molecule is C=CCn1cnn(C[NH+]2CCc3cc(OC)c(OC)cc3[C@@H]2c2ccccc2)c1=S. The van der Waals surface area contributed by atoms with Crippen LogP contribution in [0.3, 0.4) is 0 Å². The van der Waals surface area contributed by atoms with Crippen LogP contribution in [0.4, 0.5) is 0 Å². The topological polar surface area (TPSA) is 45.7 Å². The molecule has 1 unspecified atom stereocenters. The van der Waals surface area contributed by atoms with Crippen molar-refractivity contribution in [3.05, 3.63) is 82.9 Å². The van der Waals surface area contributed by atoms with Crippen LogP contribution in [0.25, 0.3) is 0 Å². The summed E-state index contributed by atoms with van der Waals surface area (Å²) in [6, 6.07) is 15.0. The first-order valence-electron chi connectivity index (χ1n) is 10.0. The Morgan fingerprint density at radius 3 is 2.63 bits per heavy atom. The van der Waals surface area contributed by atoms with Crippen LogP contribution in [-0.4, -0.2) is 35.1 Å². The average Bonchev–Trinajstić information content (AvgIpc) is 3.12. The van der Waals surface area contributed by atoms with Crippen molar-refractivity contribution in [3.8, 4) is 11.5 Å². The zero-order chi connectivity index (χ0) is 21.1. The van der Waals surface area contributed by atoms with Crippen molar-refractivity contribution >= 4 is 12.2 Å². The van der Waals surface area contributed by atoms with E-state index < -0.39 is 0 Å². The number of nitrogens with zero attached hydrogens (tertiary/aromatic N) is 3. The largest absolute Gasteiger partial charge is 0.493 e. The zero-order valence-corrected chi connectivity index (χ0v) is 18.2. The summed E-state index contributed by atoms with van der Waals surface area (Å²) in [7, 11) is 3.36. The van der Waals surface area contributed by atoms with E-state index in [-0.39, 0.29) is 6.04 Å². The van der Waals surface area contributed by atoms with Gasteiger partial charge in [0.25, 0.3) is 0 Å². The van der Waals surface area contributed by atoms with E-state index in [4.69, 9.17) is 21.7 Å². The van der Waals surface area contributed by atoms with Gasteiger partial charge in [-0.25, -0.2) is 0 Å². The molecule has 0 spiro atoms. The van der Waals surface area contributed by atoms with Crippen LogP contribution in [0, 0.1) is 4.77 Å². The molecular formula is C23H27N4O2S+. The average molecular weight is 424 g/mol. The van der Waals surface area contributed by atoms with E-state index in [0.717, 1.165) is 24.5 Å². The molecule has 0 bridgehead atoms. The number of allylic oxidation sites excluding steroid dienone is 1. The molecule has 1 N–H and O–H groups in total. The number of benzene rings is 2. The molecule has 0 saturated carbocycles. The smallest absolute Gasteiger partial charge is 0.202 e. The van der Waals surface area contributed by atoms with Gasteiger partial charge in [-0.2, -0.15) is 9.78 Å². The molecule has 1 aliphatic rings. The molecule has 30 heavy (non-hydrogen) atoms. The lowest BCUT2D eigenvalue weighted by Gasteiger charge is -2.35. The quantitative estimate of drug-likeness (QED) is 0.469. The number of quaternary nitrogens is 1. The van der Waals surface area contributed by atoms with Gasteiger partial charge >= 0.3 is 0 Å². The van der Waals surface area contributed by atoms with E-state index in [9.17, 15) is 0 Å². The van der Waals surface area contributed by atoms with Crippen molar-refractivity contribution in [2.75, 3.05) is 20.8 Å². The van der Waals surface area contributed by atoms with Gasteiger partial charge in [0.2, 0.25) is 4.77 Å². The maximum Gasteiger partial charge on any atom is 0.202 e. The molecule has 2 aromatic carbocycles. The first kappa shape index (κ1) is 20.4. The van der Waals surface area contributed by atoms with E-state index in [1.165, 1.54) is 21.6 Å². The number of ether oxygens (including phenoxy) is 2. The van der Waals surface area contributed by atoms with Gasteiger partial charge in [0.15, 0.2) is 18.2 Å². The summed E-state index contributed by atoms with van der Waals surface area (Å²) in [6.45, 7) is 6.12. The van der Waals surface area contributed by atoms with Gasteiger partial charge in [0.05, 0.1) is 20.8 Å². The maximum absolute atomic E-state index is 5.63. The Morgan fingerprint density at radius 1 is 1.20 bits per heavy atom. The lowest BCUT2D eigenvalue weighted by atomic mass is 9.88. The predicted molar refractivity (Wildman–Crippen MR) is 119 cm³/mol. The lowest BCUT2D eigenvalue weighted by Crippen LogP contribution is -3.12. The standard InChI is InChI=1S/C23H26N4O2S/c1-4-11-25-15-24-27(23(25)30)16-26-12-10-18-13-20(28-2)21(29-3)14-19(18)22(26)17-8-6-5-7-9-17/h4-9,13-15,22H,1,10-12,16H2,2-3H3/p+1/t22-/m0/s1. The van der Waals surface area contributed by atoms with Gasteiger partial charge in [-0.3, -0.25) is 0 Å². The van der Waals surface area contributed by atoms with Crippen molar-refractivity contribution in [3.63, 3.8) is 0 Å². The summed E-state index contributed by atoms with van der Waals surface area (Å²) < 4.78 is 15.7. The number of rotatable bonds is 7. The highest BCUT2D eigenvalue weighted by atomic mass is 32.1. The molecule has 1 aromatic heterocycles. The summed E-state index contributed by atoms with van der Waals surface area (Å²) >= 11 is 5.63.